The van der Waals surface area contributed by atoms with E-state index in [-0.39, 0.29) is 11.2 Å². The number of hydrogen-bond acceptors (Lipinski definition) is 1. The van der Waals surface area contributed by atoms with E-state index in [1.54, 1.807) is 12.1 Å². The molecule has 108 valence electrons. The molecule has 19 heavy (non-hydrogen) atoms. The van der Waals surface area contributed by atoms with Crippen LogP contribution in [0, 0.1) is 11.2 Å². The maximum Gasteiger partial charge on any atom is 0.127 e. The first-order valence-electron chi connectivity index (χ1n) is 7.09. The lowest BCUT2D eigenvalue weighted by Crippen LogP contribution is -2.29. The van der Waals surface area contributed by atoms with E-state index in [9.17, 15) is 4.39 Å². The van der Waals surface area contributed by atoms with Crippen LogP contribution in [0.25, 0.3) is 0 Å². The number of nitrogens with one attached hydrogen (secondary N) is 1. The number of unbranched alkanes of at least 4 members (excludes halogenated alkanes) is 2. The third kappa shape index (κ3) is 6.40. The van der Waals surface area contributed by atoms with Gasteiger partial charge in [0.15, 0.2) is 0 Å². The van der Waals surface area contributed by atoms with E-state index >= 15 is 0 Å². The smallest absolute Gasteiger partial charge is 0.127 e. The number of rotatable bonds is 8. The molecule has 1 nitrogen and oxygen atoms in total. The Labute approximate surface area is 121 Å². The maximum atomic E-state index is 13.5. The minimum absolute atomic E-state index is 0.194. The van der Waals surface area contributed by atoms with Crippen molar-refractivity contribution in [2.24, 2.45) is 5.41 Å². The second kappa shape index (κ2) is 7.86. The molecule has 0 bridgehead atoms. The third-order valence-corrected chi connectivity index (χ3v) is 3.62. The summed E-state index contributed by atoms with van der Waals surface area (Å²) >= 11 is 5.88. The summed E-state index contributed by atoms with van der Waals surface area (Å²) in [5.74, 6) is -0.194. The zero-order chi connectivity index (χ0) is 14.3. The van der Waals surface area contributed by atoms with Crippen molar-refractivity contribution in [2.75, 3.05) is 6.54 Å². The van der Waals surface area contributed by atoms with Gasteiger partial charge in [0.25, 0.3) is 0 Å². The molecule has 0 saturated carbocycles. The maximum absolute atomic E-state index is 13.5. The van der Waals surface area contributed by atoms with Crippen LogP contribution in [0.4, 0.5) is 4.39 Å². The predicted octanol–water partition coefficient (Wildman–Crippen LogP) is 5.18. The summed E-state index contributed by atoms with van der Waals surface area (Å²) in [7, 11) is 0. The Morgan fingerprint density at radius 2 is 2.00 bits per heavy atom. The van der Waals surface area contributed by atoms with Gasteiger partial charge in [-0.25, -0.2) is 4.39 Å². The highest BCUT2D eigenvalue weighted by Crippen LogP contribution is 2.23. The van der Waals surface area contributed by atoms with Gasteiger partial charge in [0, 0.05) is 23.7 Å². The molecule has 0 heterocycles. The molecule has 1 aromatic carbocycles. The lowest BCUT2D eigenvalue weighted by molar-refractivity contribution is 0.301. The number of hydrogen-bond donors (Lipinski definition) is 1. The van der Waals surface area contributed by atoms with Crippen molar-refractivity contribution >= 4 is 11.6 Å². The Hall–Kier alpha value is -0.600. The Kier molecular flexibility index (Phi) is 6.81. The van der Waals surface area contributed by atoms with E-state index < -0.39 is 0 Å². The molecule has 1 aromatic rings. The van der Waals surface area contributed by atoms with Gasteiger partial charge in [0.05, 0.1) is 0 Å². The van der Waals surface area contributed by atoms with Gasteiger partial charge in [0.1, 0.15) is 5.82 Å². The molecule has 0 atom stereocenters. The van der Waals surface area contributed by atoms with Gasteiger partial charge >= 0.3 is 0 Å². The van der Waals surface area contributed by atoms with E-state index in [0.29, 0.717) is 17.1 Å². The van der Waals surface area contributed by atoms with Gasteiger partial charge in [-0.15, -0.1) is 0 Å². The van der Waals surface area contributed by atoms with Crippen molar-refractivity contribution in [3.63, 3.8) is 0 Å². The molecule has 0 amide bonds. The highest BCUT2D eigenvalue weighted by Gasteiger charge is 2.16. The monoisotopic (exact) mass is 285 g/mol. The van der Waals surface area contributed by atoms with E-state index in [1.807, 2.05) is 0 Å². The molecular formula is C16H25ClFN. The first-order chi connectivity index (χ1) is 8.94. The van der Waals surface area contributed by atoms with Gasteiger partial charge < -0.3 is 5.32 Å². The van der Waals surface area contributed by atoms with Crippen LogP contribution in [0.3, 0.4) is 0 Å². The first kappa shape index (κ1) is 16.5. The summed E-state index contributed by atoms with van der Waals surface area (Å²) in [6.45, 7) is 8.15. The van der Waals surface area contributed by atoms with E-state index in [2.05, 4.69) is 26.1 Å². The minimum Gasteiger partial charge on any atom is -0.312 e. The van der Waals surface area contributed by atoms with Crippen LogP contribution in [0.5, 0.6) is 0 Å². The van der Waals surface area contributed by atoms with Crippen molar-refractivity contribution in [2.45, 2.75) is 53.0 Å². The highest BCUT2D eigenvalue weighted by atomic mass is 35.5. The SMILES string of the molecule is CCCCCC(C)(C)CNCc1cc(Cl)ccc1F. The van der Waals surface area contributed by atoms with E-state index in [4.69, 9.17) is 11.6 Å². The molecule has 0 aromatic heterocycles. The zero-order valence-corrected chi connectivity index (χ0v) is 13.0. The van der Waals surface area contributed by atoms with Crippen molar-refractivity contribution in [1.29, 1.82) is 0 Å². The van der Waals surface area contributed by atoms with Crippen LogP contribution >= 0.6 is 11.6 Å². The van der Waals surface area contributed by atoms with Crippen molar-refractivity contribution in [3.8, 4) is 0 Å². The third-order valence-electron chi connectivity index (χ3n) is 3.38. The first-order valence-corrected chi connectivity index (χ1v) is 7.47. The molecule has 0 radical (unpaired) electrons. The molecule has 1 N–H and O–H groups in total. The summed E-state index contributed by atoms with van der Waals surface area (Å²) in [4.78, 5) is 0. The Morgan fingerprint density at radius 1 is 1.26 bits per heavy atom. The van der Waals surface area contributed by atoms with Crippen LogP contribution in [0.15, 0.2) is 18.2 Å². The summed E-state index contributed by atoms with van der Waals surface area (Å²) in [6.07, 6.45) is 4.99. The molecule has 3 heteroatoms. The molecule has 0 unspecified atom stereocenters. The molecule has 0 spiro atoms. The molecule has 0 aliphatic rings. The van der Waals surface area contributed by atoms with Gasteiger partial charge in [-0.3, -0.25) is 0 Å². The van der Waals surface area contributed by atoms with Gasteiger partial charge in [-0.2, -0.15) is 0 Å². The minimum atomic E-state index is -0.194. The predicted molar refractivity (Wildman–Crippen MR) is 81.0 cm³/mol. The average molecular weight is 286 g/mol. The lowest BCUT2D eigenvalue weighted by atomic mass is 9.87. The van der Waals surface area contributed by atoms with Crippen LogP contribution < -0.4 is 5.32 Å². The van der Waals surface area contributed by atoms with Crippen molar-refractivity contribution in [1.82, 2.24) is 5.32 Å². The molecule has 0 aliphatic carbocycles. The Balaban J connectivity index is 2.38. The summed E-state index contributed by atoms with van der Waals surface area (Å²) < 4.78 is 13.5. The fourth-order valence-corrected chi connectivity index (χ4v) is 2.35. The number of halogens is 2. The molecular weight excluding hydrogens is 261 g/mol. The summed E-state index contributed by atoms with van der Waals surface area (Å²) in [6, 6.07) is 4.69. The quantitative estimate of drug-likeness (QED) is 0.649. The largest absolute Gasteiger partial charge is 0.312 e. The van der Waals surface area contributed by atoms with Gasteiger partial charge in [0.2, 0.25) is 0 Å². The molecule has 0 aliphatic heterocycles. The summed E-state index contributed by atoms with van der Waals surface area (Å²) in [5, 5.41) is 3.92. The normalized spacial score (nSPS) is 11.8. The van der Waals surface area contributed by atoms with Gasteiger partial charge in [-0.1, -0.05) is 51.6 Å². The topological polar surface area (TPSA) is 12.0 Å². The average Bonchev–Trinajstić information content (AvgIpc) is 2.33. The van der Waals surface area contributed by atoms with Crippen LogP contribution in [0.1, 0.15) is 52.0 Å². The van der Waals surface area contributed by atoms with Crippen LogP contribution in [-0.4, -0.2) is 6.54 Å². The second-order valence-corrected chi connectivity index (χ2v) is 6.40. The summed E-state index contributed by atoms with van der Waals surface area (Å²) in [5.41, 5.74) is 0.890. The molecule has 0 saturated heterocycles. The Bertz CT molecular complexity index is 390. The van der Waals surface area contributed by atoms with E-state index in [0.717, 1.165) is 6.54 Å². The van der Waals surface area contributed by atoms with Gasteiger partial charge in [-0.05, 0) is 30.0 Å². The molecule has 1 rings (SSSR count). The fourth-order valence-electron chi connectivity index (χ4n) is 2.16. The highest BCUT2D eigenvalue weighted by molar-refractivity contribution is 6.30. The standard InChI is InChI=1S/C16H25ClFN/c1-4-5-6-9-16(2,3)12-19-11-13-10-14(17)7-8-15(13)18/h7-8,10,19H,4-6,9,11-12H2,1-3H3. The van der Waals surface area contributed by atoms with Crippen molar-refractivity contribution in [3.05, 3.63) is 34.6 Å². The van der Waals surface area contributed by atoms with Crippen LogP contribution in [-0.2, 0) is 6.54 Å². The number of benzene rings is 1. The second-order valence-electron chi connectivity index (χ2n) is 5.96. The van der Waals surface area contributed by atoms with Crippen LogP contribution in [0.2, 0.25) is 5.02 Å². The lowest BCUT2D eigenvalue weighted by Gasteiger charge is -2.25. The van der Waals surface area contributed by atoms with E-state index in [1.165, 1.54) is 31.7 Å². The molecule has 0 fully saturated rings. The fraction of sp³-hybridized carbons (Fsp3) is 0.625. The Morgan fingerprint density at radius 3 is 2.68 bits per heavy atom. The van der Waals surface area contributed by atoms with Crippen molar-refractivity contribution < 1.29 is 4.39 Å². The zero-order valence-electron chi connectivity index (χ0n) is 12.2.